The monoisotopic (exact) mass is 474 g/mol. The van der Waals surface area contributed by atoms with E-state index < -0.39 is 38.4 Å². The quantitative estimate of drug-likeness (QED) is 0.629. The second-order valence-electron chi connectivity index (χ2n) is 7.37. The predicted octanol–water partition coefficient (Wildman–Crippen LogP) is 3.13. The Labute approximate surface area is 174 Å². The van der Waals surface area contributed by atoms with Gasteiger partial charge >= 0.3 is 12.4 Å². The highest BCUT2D eigenvalue weighted by Gasteiger charge is 2.40. The van der Waals surface area contributed by atoms with Gasteiger partial charge in [-0.1, -0.05) is 0 Å². The van der Waals surface area contributed by atoms with Crippen LogP contribution in [0.4, 0.5) is 26.3 Å². The molecule has 0 saturated carbocycles. The Morgan fingerprint density at radius 1 is 0.968 bits per heavy atom. The third kappa shape index (κ3) is 5.50. The molecule has 3 rings (SSSR count). The summed E-state index contributed by atoms with van der Waals surface area (Å²) in [5, 5.41) is 0. The summed E-state index contributed by atoms with van der Waals surface area (Å²) in [5.41, 5.74) is -3.41. The second kappa shape index (κ2) is 8.58. The topological polar surface area (TPSA) is 66.9 Å². The maximum Gasteiger partial charge on any atom is 0.416 e. The first-order chi connectivity index (χ1) is 14.3. The van der Waals surface area contributed by atoms with Gasteiger partial charge in [0.15, 0.2) is 0 Å². The highest BCUT2D eigenvalue weighted by Crippen LogP contribution is 2.37. The van der Waals surface area contributed by atoms with Crippen LogP contribution in [0.3, 0.4) is 0 Å². The van der Waals surface area contributed by atoms with Gasteiger partial charge in [-0.3, -0.25) is 4.79 Å². The molecule has 2 saturated heterocycles. The van der Waals surface area contributed by atoms with Crippen molar-refractivity contribution >= 4 is 15.9 Å². The van der Waals surface area contributed by atoms with E-state index >= 15 is 0 Å². The van der Waals surface area contributed by atoms with Crippen molar-refractivity contribution in [3.05, 3.63) is 29.3 Å². The van der Waals surface area contributed by atoms with Crippen molar-refractivity contribution < 1.29 is 44.3 Å². The summed E-state index contributed by atoms with van der Waals surface area (Å²) in [7, 11) is -4.63. The number of carbonyl (C=O) groups is 1. The molecule has 0 N–H and O–H groups in total. The van der Waals surface area contributed by atoms with Crippen molar-refractivity contribution in [2.75, 3.05) is 32.8 Å². The number of hydrogen-bond donors (Lipinski definition) is 0. The molecule has 6 nitrogen and oxygen atoms in total. The number of ether oxygens (including phenoxy) is 1. The third-order valence-electron chi connectivity index (χ3n) is 5.22. The molecule has 1 atom stereocenters. The van der Waals surface area contributed by atoms with E-state index in [1.807, 2.05) is 0 Å². The number of rotatable bonds is 4. The fourth-order valence-corrected chi connectivity index (χ4v) is 5.03. The van der Waals surface area contributed by atoms with Crippen molar-refractivity contribution in [1.82, 2.24) is 9.21 Å². The van der Waals surface area contributed by atoms with Crippen LogP contribution in [0.2, 0.25) is 0 Å². The van der Waals surface area contributed by atoms with Crippen LogP contribution in [0.1, 0.15) is 30.4 Å². The Morgan fingerprint density at radius 3 is 1.97 bits per heavy atom. The van der Waals surface area contributed by atoms with Crippen LogP contribution in [-0.2, 0) is 31.9 Å². The maximum atomic E-state index is 13.0. The van der Waals surface area contributed by atoms with Gasteiger partial charge in [0, 0.05) is 32.8 Å². The third-order valence-corrected chi connectivity index (χ3v) is 7.09. The highest BCUT2D eigenvalue weighted by atomic mass is 32.2. The molecule has 0 aromatic heterocycles. The van der Waals surface area contributed by atoms with E-state index in [0.29, 0.717) is 6.61 Å². The van der Waals surface area contributed by atoms with E-state index in [0.717, 1.165) is 17.1 Å². The fourth-order valence-electron chi connectivity index (χ4n) is 3.53. The summed E-state index contributed by atoms with van der Waals surface area (Å²) in [6.07, 6.45) is -8.76. The largest absolute Gasteiger partial charge is 0.416 e. The molecule has 2 heterocycles. The average molecular weight is 474 g/mol. The molecule has 1 aromatic rings. The Balaban J connectivity index is 1.77. The number of nitrogens with zero attached hydrogens (tertiary/aromatic N) is 2. The molecule has 13 heteroatoms. The number of piperazine rings is 1. The second-order valence-corrected chi connectivity index (χ2v) is 9.30. The van der Waals surface area contributed by atoms with Gasteiger partial charge in [-0.2, -0.15) is 30.6 Å². The molecule has 2 aliphatic rings. The van der Waals surface area contributed by atoms with E-state index in [4.69, 9.17) is 4.74 Å². The van der Waals surface area contributed by atoms with Gasteiger partial charge in [0.25, 0.3) is 0 Å². The van der Waals surface area contributed by atoms with Crippen LogP contribution >= 0.6 is 0 Å². The van der Waals surface area contributed by atoms with Gasteiger partial charge in [0.2, 0.25) is 15.9 Å². The van der Waals surface area contributed by atoms with Crippen molar-refractivity contribution in [2.24, 2.45) is 0 Å². The lowest BCUT2D eigenvalue weighted by Crippen LogP contribution is -2.51. The minimum Gasteiger partial charge on any atom is -0.378 e. The molecule has 174 valence electrons. The Bertz CT molecular complexity index is 886. The zero-order valence-electron chi connectivity index (χ0n) is 16.2. The van der Waals surface area contributed by atoms with E-state index in [1.165, 1.54) is 4.90 Å². The number of hydrogen-bond acceptors (Lipinski definition) is 4. The Hall–Kier alpha value is -1.86. The zero-order valence-corrected chi connectivity index (χ0v) is 17.0. The molecule has 2 fully saturated rings. The summed E-state index contributed by atoms with van der Waals surface area (Å²) in [5.74, 6) is -0.234. The molecule has 1 unspecified atom stereocenters. The van der Waals surface area contributed by atoms with Crippen LogP contribution in [0.25, 0.3) is 0 Å². The molecule has 0 aliphatic carbocycles. The number of halogens is 6. The Morgan fingerprint density at radius 2 is 1.52 bits per heavy atom. The maximum absolute atomic E-state index is 13.0. The standard InChI is InChI=1S/C18H20F6N2O4S/c19-17(20,21)12-8-13(18(22,23)24)10-15(9-12)31(28,29)26-5-3-25(4-6-26)16(27)11-14-2-1-7-30-14/h8-10,14H,1-7,11H2. The molecular weight excluding hydrogens is 454 g/mol. The molecule has 0 spiro atoms. The molecule has 2 aliphatic heterocycles. The van der Waals surface area contributed by atoms with Crippen molar-refractivity contribution in [3.63, 3.8) is 0 Å². The van der Waals surface area contributed by atoms with Crippen molar-refractivity contribution in [2.45, 2.75) is 42.6 Å². The lowest BCUT2D eigenvalue weighted by atomic mass is 10.1. The van der Waals surface area contributed by atoms with Gasteiger partial charge < -0.3 is 9.64 Å². The number of alkyl halides is 6. The first-order valence-corrected chi connectivity index (χ1v) is 10.9. The molecule has 1 aromatic carbocycles. The minimum absolute atomic E-state index is 0.0180. The van der Waals surface area contributed by atoms with Gasteiger partial charge in [-0.05, 0) is 31.0 Å². The molecule has 0 bridgehead atoms. The lowest BCUT2D eigenvalue weighted by molar-refractivity contribution is -0.143. The molecule has 31 heavy (non-hydrogen) atoms. The zero-order chi connectivity index (χ0) is 23.0. The summed E-state index contributed by atoms with van der Waals surface area (Å²) in [6.45, 7) is 0.0566. The predicted molar refractivity (Wildman–Crippen MR) is 95.4 cm³/mol. The lowest BCUT2D eigenvalue weighted by Gasteiger charge is -2.34. The van der Waals surface area contributed by atoms with Gasteiger partial charge in [0.1, 0.15) is 0 Å². The molecule has 0 radical (unpaired) electrons. The smallest absolute Gasteiger partial charge is 0.378 e. The van der Waals surface area contributed by atoms with Crippen LogP contribution in [-0.4, -0.2) is 62.4 Å². The van der Waals surface area contributed by atoms with E-state index in [9.17, 15) is 39.6 Å². The summed E-state index contributed by atoms with van der Waals surface area (Å²) < 4.78 is 110. The van der Waals surface area contributed by atoms with Crippen molar-refractivity contribution in [3.8, 4) is 0 Å². The first kappa shape index (κ1) is 23.8. The minimum atomic E-state index is -5.15. The summed E-state index contributed by atoms with van der Waals surface area (Å²) in [6, 6.07) is 0.264. The van der Waals surface area contributed by atoms with E-state index in [2.05, 4.69) is 0 Å². The first-order valence-electron chi connectivity index (χ1n) is 9.47. The number of amides is 1. The number of sulfonamides is 1. The summed E-state index contributed by atoms with van der Waals surface area (Å²) in [4.78, 5) is 12.6. The van der Waals surface area contributed by atoms with Gasteiger partial charge in [0.05, 0.1) is 28.5 Å². The molecular formula is C18H20F6N2O4S. The van der Waals surface area contributed by atoms with Crippen molar-refractivity contribution in [1.29, 1.82) is 0 Å². The van der Waals surface area contributed by atoms with E-state index in [-0.39, 0.29) is 62.8 Å². The number of carbonyl (C=O) groups excluding carboxylic acids is 1. The van der Waals surface area contributed by atoms with Gasteiger partial charge in [-0.25, -0.2) is 8.42 Å². The number of benzene rings is 1. The van der Waals surface area contributed by atoms with Crippen LogP contribution < -0.4 is 0 Å². The van der Waals surface area contributed by atoms with E-state index in [1.54, 1.807) is 0 Å². The van der Waals surface area contributed by atoms with Gasteiger partial charge in [-0.15, -0.1) is 0 Å². The average Bonchev–Trinajstić information content (AvgIpc) is 3.19. The molecule has 1 amide bonds. The fraction of sp³-hybridized carbons (Fsp3) is 0.611. The normalized spacial score (nSPS) is 21.5. The summed E-state index contributed by atoms with van der Waals surface area (Å²) >= 11 is 0. The van der Waals surface area contributed by atoms with Crippen LogP contribution in [0.5, 0.6) is 0 Å². The Kier molecular flexibility index (Phi) is 6.59. The van der Waals surface area contributed by atoms with Crippen LogP contribution in [0, 0.1) is 0 Å². The SMILES string of the molecule is O=C(CC1CCCO1)N1CCN(S(=O)(=O)c2cc(C(F)(F)F)cc(C(F)(F)F)c2)CC1. The highest BCUT2D eigenvalue weighted by molar-refractivity contribution is 7.89. The van der Waals surface area contributed by atoms with Crippen LogP contribution in [0.15, 0.2) is 23.1 Å².